The summed E-state index contributed by atoms with van der Waals surface area (Å²) in [5, 5.41) is 10.9. The zero-order valence-electron chi connectivity index (χ0n) is 13.0. The van der Waals surface area contributed by atoms with Crippen LogP contribution < -0.4 is 0 Å². The van der Waals surface area contributed by atoms with Crippen LogP contribution in [0.4, 0.5) is 0 Å². The highest BCUT2D eigenvalue weighted by Crippen LogP contribution is 2.18. The van der Waals surface area contributed by atoms with E-state index in [1.807, 2.05) is 11.3 Å². The third kappa shape index (κ3) is 7.10. The number of allylic oxidation sites excluding steroid dienone is 4. The zero-order chi connectivity index (χ0) is 14.8. The quantitative estimate of drug-likeness (QED) is 0.696. The summed E-state index contributed by atoms with van der Waals surface area (Å²) in [7, 11) is 0. The molecule has 21 heavy (non-hydrogen) atoms. The Hall–Kier alpha value is -0.860. The van der Waals surface area contributed by atoms with Gasteiger partial charge < -0.3 is 5.11 Å². The topological polar surface area (TPSA) is 20.2 Å². The number of unbranched alkanes of at least 4 members (excludes halogenated alkanes) is 1. The van der Waals surface area contributed by atoms with Gasteiger partial charge in [-0.05, 0) is 62.8 Å². The van der Waals surface area contributed by atoms with Gasteiger partial charge in [0.25, 0.3) is 0 Å². The molecular weight excluding hydrogens is 276 g/mol. The van der Waals surface area contributed by atoms with Crippen LogP contribution in [0.1, 0.15) is 62.7 Å². The number of hydrogen-bond donors (Lipinski definition) is 1. The van der Waals surface area contributed by atoms with E-state index in [0.29, 0.717) is 0 Å². The standard InChI is InChI=1S/C14H18S.C5H10O/c1-2-7-13(8-3-1)9-4-5-10-14-11-6-12-15-14;6-5-3-1-2-4-5/h2,6-8,11-12H,1,3-5,9-10H2;5-6H,1-4H2. The van der Waals surface area contributed by atoms with Gasteiger partial charge >= 0.3 is 0 Å². The van der Waals surface area contributed by atoms with Crippen LogP contribution in [0.2, 0.25) is 0 Å². The predicted octanol–water partition coefficient (Wildman–Crippen LogP) is 5.66. The summed E-state index contributed by atoms with van der Waals surface area (Å²) >= 11 is 1.88. The fourth-order valence-corrected chi connectivity index (χ4v) is 3.59. The fraction of sp³-hybridized carbons (Fsp3) is 0.579. The first kappa shape index (κ1) is 16.5. The Labute approximate surface area is 133 Å². The molecule has 0 unspecified atom stereocenters. The van der Waals surface area contributed by atoms with Crippen molar-refractivity contribution in [1.82, 2.24) is 0 Å². The maximum Gasteiger partial charge on any atom is 0.0540 e. The number of aliphatic hydroxyl groups excluding tert-OH is 1. The molecule has 1 saturated carbocycles. The van der Waals surface area contributed by atoms with Crippen LogP contribution in [0.3, 0.4) is 0 Å². The summed E-state index contributed by atoms with van der Waals surface area (Å²) in [4.78, 5) is 1.53. The van der Waals surface area contributed by atoms with Gasteiger partial charge in [-0.25, -0.2) is 0 Å². The second kappa shape index (κ2) is 9.97. The first-order chi connectivity index (χ1) is 10.3. The van der Waals surface area contributed by atoms with Crippen LogP contribution >= 0.6 is 11.3 Å². The second-order valence-electron chi connectivity index (χ2n) is 5.98. The first-order valence-corrected chi connectivity index (χ1v) is 9.28. The molecule has 1 N–H and O–H groups in total. The molecule has 1 nitrogen and oxygen atoms in total. The molecule has 1 heterocycles. The number of rotatable bonds is 5. The van der Waals surface area contributed by atoms with Gasteiger partial charge in [0.15, 0.2) is 0 Å². The molecule has 0 amide bonds. The van der Waals surface area contributed by atoms with E-state index in [1.54, 1.807) is 5.57 Å². The highest BCUT2D eigenvalue weighted by Gasteiger charge is 2.09. The molecule has 2 aliphatic rings. The molecule has 0 radical (unpaired) electrons. The molecule has 2 aliphatic carbocycles. The molecule has 3 rings (SSSR count). The van der Waals surface area contributed by atoms with Crippen molar-refractivity contribution in [1.29, 1.82) is 0 Å². The monoisotopic (exact) mass is 304 g/mol. The van der Waals surface area contributed by atoms with Gasteiger partial charge in [-0.15, -0.1) is 11.3 Å². The van der Waals surface area contributed by atoms with Crippen molar-refractivity contribution in [2.75, 3.05) is 0 Å². The van der Waals surface area contributed by atoms with E-state index in [2.05, 4.69) is 35.7 Å². The van der Waals surface area contributed by atoms with Crippen LogP contribution in [-0.4, -0.2) is 11.2 Å². The van der Waals surface area contributed by atoms with Crippen molar-refractivity contribution in [3.8, 4) is 0 Å². The van der Waals surface area contributed by atoms with E-state index >= 15 is 0 Å². The maximum atomic E-state index is 8.73. The normalized spacial score (nSPS) is 18.2. The maximum absolute atomic E-state index is 8.73. The van der Waals surface area contributed by atoms with Gasteiger partial charge in [-0.1, -0.05) is 42.7 Å². The molecule has 0 atom stereocenters. The third-order valence-corrected chi connectivity index (χ3v) is 5.05. The van der Waals surface area contributed by atoms with Crippen molar-refractivity contribution < 1.29 is 5.11 Å². The largest absolute Gasteiger partial charge is 0.393 e. The molecule has 0 aromatic carbocycles. The molecule has 0 aliphatic heterocycles. The molecule has 1 aromatic heterocycles. The summed E-state index contributed by atoms with van der Waals surface area (Å²) in [6.45, 7) is 0. The van der Waals surface area contributed by atoms with Crippen LogP contribution in [0, 0.1) is 0 Å². The highest BCUT2D eigenvalue weighted by atomic mass is 32.1. The van der Waals surface area contributed by atoms with Gasteiger partial charge in [-0.2, -0.15) is 0 Å². The summed E-state index contributed by atoms with van der Waals surface area (Å²) in [6.07, 6.45) is 19.3. The van der Waals surface area contributed by atoms with E-state index in [-0.39, 0.29) is 6.10 Å². The van der Waals surface area contributed by atoms with Crippen molar-refractivity contribution in [3.63, 3.8) is 0 Å². The average molecular weight is 304 g/mol. The van der Waals surface area contributed by atoms with Crippen LogP contribution in [-0.2, 0) is 6.42 Å². The van der Waals surface area contributed by atoms with E-state index in [0.717, 1.165) is 12.8 Å². The summed E-state index contributed by atoms with van der Waals surface area (Å²) in [6, 6.07) is 4.39. The van der Waals surface area contributed by atoms with Gasteiger partial charge in [0.05, 0.1) is 6.10 Å². The average Bonchev–Trinajstić information content (AvgIpc) is 3.19. The van der Waals surface area contributed by atoms with Crippen molar-refractivity contribution in [2.45, 2.75) is 70.3 Å². The smallest absolute Gasteiger partial charge is 0.0540 e. The molecule has 2 heteroatoms. The lowest BCUT2D eigenvalue weighted by Crippen LogP contribution is -1.94. The minimum absolute atomic E-state index is 0.0463. The Bertz CT molecular complexity index is 424. The first-order valence-electron chi connectivity index (χ1n) is 8.40. The third-order valence-electron chi connectivity index (χ3n) is 4.12. The minimum atomic E-state index is 0.0463. The fourth-order valence-electron chi connectivity index (χ4n) is 2.84. The molecule has 1 aromatic rings. The van der Waals surface area contributed by atoms with Gasteiger partial charge in [0, 0.05) is 4.88 Å². The SMILES string of the molecule is C1=CC(CCCCc2cccs2)=CCC1.OC1CCCC1. The lowest BCUT2D eigenvalue weighted by atomic mass is 10.0. The molecule has 0 spiro atoms. The lowest BCUT2D eigenvalue weighted by Gasteiger charge is -2.06. The Kier molecular flexibility index (Phi) is 7.83. The Morgan fingerprint density at radius 2 is 1.90 bits per heavy atom. The van der Waals surface area contributed by atoms with Gasteiger partial charge in [-0.3, -0.25) is 0 Å². The molecule has 116 valence electrons. The number of aryl methyl sites for hydroxylation is 1. The van der Waals surface area contributed by atoms with Crippen LogP contribution in [0.25, 0.3) is 0 Å². The predicted molar refractivity (Wildman–Crippen MR) is 92.8 cm³/mol. The van der Waals surface area contributed by atoms with E-state index in [4.69, 9.17) is 5.11 Å². The zero-order valence-corrected chi connectivity index (χ0v) is 13.8. The summed E-state index contributed by atoms with van der Waals surface area (Å²) in [5.41, 5.74) is 1.55. The Morgan fingerprint density at radius 3 is 2.48 bits per heavy atom. The Balaban J connectivity index is 0.000000225. The van der Waals surface area contributed by atoms with Crippen molar-refractivity contribution in [3.05, 3.63) is 46.2 Å². The molecule has 1 fully saturated rings. The van der Waals surface area contributed by atoms with E-state index in [1.165, 1.54) is 56.2 Å². The molecular formula is C19H28OS. The molecule has 0 bridgehead atoms. The van der Waals surface area contributed by atoms with Crippen LogP contribution in [0.15, 0.2) is 41.3 Å². The second-order valence-corrected chi connectivity index (χ2v) is 7.02. The molecule has 0 saturated heterocycles. The minimum Gasteiger partial charge on any atom is -0.393 e. The Morgan fingerprint density at radius 1 is 1.10 bits per heavy atom. The van der Waals surface area contributed by atoms with E-state index < -0.39 is 0 Å². The van der Waals surface area contributed by atoms with E-state index in [9.17, 15) is 0 Å². The van der Waals surface area contributed by atoms with Crippen LogP contribution in [0.5, 0.6) is 0 Å². The summed E-state index contributed by atoms with van der Waals surface area (Å²) < 4.78 is 0. The lowest BCUT2D eigenvalue weighted by molar-refractivity contribution is 0.183. The summed E-state index contributed by atoms with van der Waals surface area (Å²) in [5.74, 6) is 0. The highest BCUT2D eigenvalue weighted by molar-refractivity contribution is 7.09. The van der Waals surface area contributed by atoms with Gasteiger partial charge in [0.1, 0.15) is 0 Å². The van der Waals surface area contributed by atoms with Gasteiger partial charge in [0.2, 0.25) is 0 Å². The number of hydrogen-bond acceptors (Lipinski definition) is 2. The number of thiophene rings is 1. The van der Waals surface area contributed by atoms with Crippen molar-refractivity contribution in [2.24, 2.45) is 0 Å². The van der Waals surface area contributed by atoms with Crippen molar-refractivity contribution >= 4 is 11.3 Å². The number of aliphatic hydroxyl groups is 1.